The summed E-state index contributed by atoms with van der Waals surface area (Å²) >= 11 is 10.8. The van der Waals surface area contributed by atoms with Gasteiger partial charge in [-0.2, -0.15) is 0 Å². The van der Waals surface area contributed by atoms with Crippen molar-refractivity contribution >= 4 is 45.1 Å². The number of halogens is 2. The molecular formula is C11H8BrClN4OS. The number of hydrogen-bond acceptors (Lipinski definition) is 5. The monoisotopic (exact) mass is 358 g/mol. The molecule has 0 saturated heterocycles. The van der Waals surface area contributed by atoms with E-state index in [0.29, 0.717) is 15.6 Å². The van der Waals surface area contributed by atoms with Crippen LogP contribution in [0.3, 0.4) is 0 Å². The molecule has 2 heterocycles. The molecule has 5 nitrogen and oxygen atoms in total. The molecule has 0 radical (unpaired) electrons. The number of hydrogen-bond donors (Lipinski definition) is 2. The second-order valence-corrected chi connectivity index (χ2v) is 5.68. The Morgan fingerprint density at radius 3 is 2.79 bits per heavy atom. The smallest absolute Gasteiger partial charge is 0.171 e. The Morgan fingerprint density at radius 1 is 1.37 bits per heavy atom. The van der Waals surface area contributed by atoms with Crippen LogP contribution in [-0.2, 0) is 0 Å². The molecular weight excluding hydrogens is 352 g/mol. The first-order valence-electron chi connectivity index (χ1n) is 5.03. The lowest BCUT2D eigenvalue weighted by Crippen LogP contribution is -2.14. The van der Waals surface area contributed by atoms with E-state index in [1.807, 2.05) is 12.1 Å². The van der Waals surface area contributed by atoms with Gasteiger partial charge in [0.1, 0.15) is 10.1 Å². The Kier molecular flexibility index (Phi) is 4.62. The zero-order valence-corrected chi connectivity index (χ0v) is 12.6. The molecule has 0 saturated carbocycles. The van der Waals surface area contributed by atoms with Gasteiger partial charge in [0.15, 0.2) is 5.84 Å². The topological polar surface area (TPSA) is 84.4 Å². The van der Waals surface area contributed by atoms with Crippen LogP contribution in [0.2, 0.25) is 5.02 Å². The zero-order chi connectivity index (χ0) is 13.8. The molecule has 0 aromatic carbocycles. The van der Waals surface area contributed by atoms with Crippen molar-refractivity contribution in [1.29, 1.82) is 0 Å². The average molecular weight is 360 g/mol. The molecule has 2 rings (SSSR count). The highest BCUT2D eigenvalue weighted by Crippen LogP contribution is 2.32. The summed E-state index contributed by atoms with van der Waals surface area (Å²) in [6.07, 6.45) is 3.23. The van der Waals surface area contributed by atoms with Gasteiger partial charge in [0.25, 0.3) is 0 Å². The Bertz CT molecular complexity index is 621. The molecule has 0 atom stereocenters. The number of pyridine rings is 2. The predicted octanol–water partition coefficient (Wildman–Crippen LogP) is 3.14. The maximum Gasteiger partial charge on any atom is 0.171 e. The molecule has 3 N–H and O–H groups in total. The van der Waals surface area contributed by atoms with Crippen molar-refractivity contribution in [2.75, 3.05) is 0 Å². The molecule has 0 spiro atoms. The summed E-state index contributed by atoms with van der Waals surface area (Å²) < 4.78 is 0.890. The van der Waals surface area contributed by atoms with Gasteiger partial charge < -0.3 is 10.9 Å². The van der Waals surface area contributed by atoms with Gasteiger partial charge in [-0.1, -0.05) is 16.8 Å². The summed E-state index contributed by atoms with van der Waals surface area (Å²) in [4.78, 5) is 8.38. The van der Waals surface area contributed by atoms with Crippen LogP contribution in [0.1, 0.15) is 5.56 Å². The van der Waals surface area contributed by atoms with E-state index < -0.39 is 0 Å². The third-order valence-electron chi connectivity index (χ3n) is 2.14. The molecule has 0 amide bonds. The maximum atomic E-state index is 8.68. The van der Waals surface area contributed by atoms with E-state index in [1.165, 1.54) is 11.8 Å². The van der Waals surface area contributed by atoms with Crippen LogP contribution in [0.4, 0.5) is 0 Å². The Labute approximate surface area is 127 Å². The number of nitrogens with zero attached hydrogens (tertiary/aromatic N) is 3. The summed E-state index contributed by atoms with van der Waals surface area (Å²) in [5.41, 5.74) is 5.96. The minimum atomic E-state index is -0.0574. The first-order valence-corrected chi connectivity index (χ1v) is 7.02. The molecule has 2 aromatic heterocycles. The van der Waals surface area contributed by atoms with Crippen molar-refractivity contribution in [3.05, 3.63) is 45.7 Å². The van der Waals surface area contributed by atoms with E-state index >= 15 is 0 Å². The van der Waals surface area contributed by atoms with Gasteiger partial charge in [-0.25, -0.2) is 9.97 Å². The van der Waals surface area contributed by atoms with Crippen molar-refractivity contribution < 1.29 is 5.21 Å². The lowest BCUT2D eigenvalue weighted by Gasteiger charge is -2.06. The van der Waals surface area contributed by atoms with Crippen LogP contribution in [-0.4, -0.2) is 21.0 Å². The number of oxime groups is 1. The predicted molar refractivity (Wildman–Crippen MR) is 77.8 cm³/mol. The largest absolute Gasteiger partial charge is 0.409 e. The third-order valence-corrected chi connectivity index (χ3v) is 4.06. The highest BCUT2D eigenvalue weighted by molar-refractivity contribution is 9.10. The maximum absolute atomic E-state index is 8.68. The SMILES string of the molecule is N/C(=N/O)c1ccnc(Sc2ccc(Br)cn2)c1Cl. The van der Waals surface area contributed by atoms with E-state index in [-0.39, 0.29) is 5.84 Å². The lowest BCUT2D eigenvalue weighted by atomic mass is 10.2. The fourth-order valence-electron chi connectivity index (χ4n) is 1.27. The van der Waals surface area contributed by atoms with E-state index in [9.17, 15) is 0 Å². The van der Waals surface area contributed by atoms with Crippen LogP contribution in [0, 0.1) is 0 Å². The number of aromatic nitrogens is 2. The molecule has 0 aliphatic carbocycles. The number of amidine groups is 1. The minimum Gasteiger partial charge on any atom is -0.409 e. The standard InChI is InChI=1S/C11H8BrClN4OS/c12-6-1-2-8(16-5-6)19-11-9(13)7(3-4-15-11)10(14)17-18/h1-5,18H,(H2,14,17). The molecule has 0 fully saturated rings. The molecule has 0 aliphatic heterocycles. The molecule has 8 heteroatoms. The summed E-state index contributed by atoms with van der Waals surface area (Å²) in [6.45, 7) is 0. The Morgan fingerprint density at radius 2 is 2.16 bits per heavy atom. The van der Waals surface area contributed by atoms with E-state index in [0.717, 1.165) is 9.50 Å². The second kappa shape index (κ2) is 6.23. The van der Waals surface area contributed by atoms with Crippen molar-refractivity contribution in [3.8, 4) is 0 Å². The molecule has 19 heavy (non-hydrogen) atoms. The van der Waals surface area contributed by atoms with Crippen LogP contribution < -0.4 is 5.73 Å². The van der Waals surface area contributed by atoms with Gasteiger partial charge in [0, 0.05) is 22.4 Å². The molecule has 2 aromatic rings. The van der Waals surface area contributed by atoms with Crippen LogP contribution in [0.5, 0.6) is 0 Å². The van der Waals surface area contributed by atoms with Crippen molar-refractivity contribution in [3.63, 3.8) is 0 Å². The highest BCUT2D eigenvalue weighted by Gasteiger charge is 2.12. The molecule has 0 bridgehead atoms. The van der Waals surface area contributed by atoms with Crippen LogP contribution in [0.15, 0.2) is 50.3 Å². The van der Waals surface area contributed by atoms with Crippen LogP contribution >= 0.6 is 39.3 Å². The summed E-state index contributed by atoms with van der Waals surface area (Å²) in [6, 6.07) is 5.29. The highest BCUT2D eigenvalue weighted by atomic mass is 79.9. The fourth-order valence-corrected chi connectivity index (χ4v) is 2.58. The quantitative estimate of drug-likeness (QED) is 0.381. The Hall–Kier alpha value is -1.31. The van der Waals surface area contributed by atoms with Gasteiger partial charge in [0.2, 0.25) is 0 Å². The van der Waals surface area contributed by atoms with Gasteiger partial charge in [-0.15, -0.1) is 0 Å². The number of nitrogens with two attached hydrogens (primary N) is 1. The molecule has 0 unspecified atom stereocenters. The summed E-state index contributed by atoms with van der Waals surface area (Å²) in [7, 11) is 0. The van der Waals surface area contributed by atoms with Gasteiger partial charge >= 0.3 is 0 Å². The normalized spacial score (nSPS) is 11.6. The first-order chi connectivity index (χ1) is 9.11. The van der Waals surface area contributed by atoms with Gasteiger partial charge in [-0.3, -0.25) is 0 Å². The summed E-state index contributed by atoms with van der Waals surface area (Å²) in [5, 5.41) is 13.2. The van der Waals surface area contributed by atoms with Gasteiger partial charge in [0.05, 0.1) is 5.02 Å². The van der Waals surface area contributed by atoms with E-state index in [1.54, 1.807) is 18.5 Å². The van der Waals surface area contributed by atoms with E-state index in [2.05, 4.69) is 31.1 Å². The average Bonchev–Trinajstić information content (AvgIpc) is 2.43. The first kappa shape index (κ1) is 14.1. The van der Waals surface area contributed by atoms with E-state index in [4.69, 9.17) is 22.5 Å². The number of rotatable bonds is 3. The summed E-state index contributed by atoms with van der Waals surface area (Å²) in [5.74, 6) is -0.0574. The lowest BCUT2D eigenvalue weighted by molar-refractivity contribution is 0.318. The molecule has 98 valence electrons. The third kappa shape index (κ3) is 3.37. The van der Waals surface area contributed by atoms with Gasteiger partial charge in [-0.05, 0) is 45.9 Å². The van der Waals surface area contributed by atoms with Crippen molar-refractivity contribution in [1.82, 2.24) is 9.97 Å². The zero-order valence-electron chi connectivity index (χ0n) is 9.42. The van der Waals surface area contributed by atoms with Crippen molar-refractivity contribution in [2.24, 2.45) is 10.9 Å². The second-order valence-electron chi connectivity index (χ2n) is 3.38. The fraction of sp³-hybridized carbons (Fsp3) is 0. The molecule has 0 aliphatic rings. The minimum absolute atomic E-state index is 0.0574. The Balaban J connectivity index is 2.33. The van der Waals surface area contributed by atoms with Crippen LogP contribution in [0.25, 0.3) is 0 Å². The van der Waals surface area contributed by atoms with Crippen molar-refractivity contribution in [2.45, 2.75) is 10.1 Å².